The molecular formula is C19H25BrN2O2. The smallest absolute Gasteiger partial charge is 0.225 e. The minimum atomic E-state index is 0.0422. The lowest BCUT2D eigenvalue weighted by molar-refractivity contribution is -0.136. The van der Waals surface area contributed by atoms with Crippen LogP contribution in [0.3, 0.4) is 0 Å². The van der Waals surface area contributed by atoms with E-state index in [1.165, 1.54) is 5.56 Å². The van der Waals surface area contributed by atoms with Crippen molar-refractivity contribution in [3.05, 3.63) is 34.3 Å². The number of halogens is 1. The minimum Gasteiger partial charge on any atom is -0.353 e. The summed E-state index contributed by atoms with van der Waals surface area (Å²) in [4.78, 5) is 26.5. The Bertz CT molecular complexity index is 590. The highest BCUT2D eigenvalue weighted by Crippen LogP contribution is 2.32. The van der Waals surface area contributed by atoms with Gasteiger partial charge in [0.15, 0.2) is 0 Å². The van der Waals surface area contributed by atoms with Gasteiger partial charge in [0.1, 0.15) is 0 Å². The first-order valence-corrected chi connectivity index (χ1v) is 9.66. The van der Waals surface area contributed by atoms with Crippen LogP contribution in [0.15, 0.2) is 28.7 Å². The van der Waals surface area contributed by atoms with Crippen LogP contribution in [0, 0.1) is 11.8 Å². The Hall–Kier alpha value is -1.36. The van der Waals surface area contributed by atoms with E-state index in [2.05, 4.69) is 33.4 Å². The standard InChI is InChI=1S/C19H25BrN2O2/c1-13(12-14-2-6-17(20)7-3-14)21-18(23)15-8-10-22(11-9-15)19(24)16-4-5-16/h2-3,6-7,13,15-16H,4-5,8-12H2,1H3,(H,21,23). The molecule has 130 valence electrons. The monoisotopic (exact) mass is 392 g/mol. The predicted octanol–water partition coefficient (Wildman–Crippen LogP) is 3.14. The van der Waals surface area contributed by atoms with Gasteiger partial charge in [-0.2, -0.15) is 0 Å². The van der Waals surface area contributed by atoms with Gasteiger partial charge in [0, 0.05) is 35.4 Å². The summed E-state index contributed by atoms with van der Waals surface area (Å²) < 4.78 is 1.07. The Morgan fingerprint density at radius 2 is 1.75 bits per heavy atom. The van der Waals surface area contributed by atoms with E-state index in [4.69, 9.17) is 0 Å². The molecule has 5 heteroatoms. The third-order valence-corrected chi connectivity index (χ3v) is 5.48. The van der Waals surface area contributed by atoms with Crippen molar-refractivity contribution < 1.29 is 9.59 Å². The van der Waals surface area contributed by atoms with Crippen molar-refractivity contribution in [3.63, 3.8) is 0 Å². The van der Waals surface area contributed by atoms with Crippen molar-refractivity contribution in [3.8, 4) is 0 Å². The third kappa shape index (κ3) is 4.59. The van der Waals surface area contributed by atoms with Crippen molar-refractivity contribution >= 4 is 27.7 Å². The van der Waals surface area contributed by atoms with Crippen LogP contribution in [0.25, 0.3) is 0 Å². The molecule has 1 aliphatic heterocycles. The highest BCUT2D eigenvalue weighted by molar-refractivity contribution is 9.10. The highest BCUT2D eigenvalue weighted by Gasteiger charge is 2.36. The predicted molar refractivity (Wildman–Crippen MR) is 97.5 cm³/mol. The second kappa shape index (κ2) is 7.68. The van der Waals surface area contributed by atoms with Crippen LogP contribution in [-0.4, -0.2) is 35.8 Å². The zero-order valence-electron chi connectivity index (χ0n) is 14.1. The van der Waals surface area contributed by atoms with Crippen LogP contribution in [0.5, 0.6) is 0 Å². The average molecular weight is 393 g/mol. The number of benzene rings is 1. The van der Waals surface area contributed by atoms with E-state index >= 15 is 0 Å². The zero-order chi connectivity index (χ0) is 17.1. The van der Waals surface area contributed by atoms with E-state index < -0.39 is 0 Å². The van der Waals surface area contributed by atoms with Crippen molar-refractivity contribution in [2.24, 2.45) is 11.8 Å². The van der Waals surface area contributed by atoms with Crippen LogP contribution in [-0.2, 0) is 16.0 Å². The van der Waals surface area contributed by atoms with Gasteiger partial charge in [-0.25, -0.2) is 0 Å². The fourth-order valence-corrected chi connectivity index (χ4v) is 3.60. The lowest BCUT2D eigenvalue weighted by atomic mass is 9.95. The number of likely N-dealkylation sites (tertiary alicyclic amines) is 1. The molecule has 1 atom stereocenters. The summed E-state index contributed by atoms with van der Waals surface area (Å²) in [6.45, 7) is 3.51. The quantitative estimate of drug-likeness (QED) is 0.836. The summed E-state index contributed by atoms with van der Waals surface area (Å²) in [5.41, 5.74) is 1.22. The molecule has 0 bridgehead atoms. The summed E-state index contributed by atoms with van der Waals surface area (Å²) in [7, 11) is 0. The van der Waals surface area contributed by atoms with Crippen molar-refractivity contribution in [1.29, 1.82) is 0 Å². The van der Waals surface area contributed by atoms with Crippen LogP contribution >= 0.6 is 15.9 Å². The first-order valence-electron chi connectivity index (χ1n) is 8.86. The SMILES string of the molecule is CC(Cc1ccc(Br)cc1)NC(=O)C1CCN(C(=O)C2CC2)CC1. The number of nitrogens with one attached hydrogen (secondary N) is 1. The second-order valence-electron chi connectivity index (χ2n) is 7.11. The topological polar surface area (TPSA) is 49.4 Å². The van der Waals surface area contributed by atoms with Crippen LogP contribution in [0.1, 0.15) is 38.2 Å². The van der Waals surface area contributed by atoms with E-state index in [1.807, 2.05) is 24.0 Å². The van der Waals surface area contributed by atoms with E-state index in [0.29, 0.717) is 5.91 Å². The van der Waals surface area contributed by atoms with Gasteiger partial charge in [0.2, 0.25) is 11.8 Å². The molecule has 2 amide bonds. The van der Waals surface area contributed by atoms with Crippen molar-refractivity contribution in [1.82, 2.24) is 10.2 Å². The first-order chi connectivity index (χ1) is 11.5. The highest BCUT2D eigenvalue weighted by atomic mass is 79.9. The summed E-state index contributed by atoms with van der Waals surface area (Å²) in [6.07, 6.45) is 4.50. The maximum absolute atomic E-state index is 12.5. The normalized spacial score (nSPS) is 19.8. The Morgan fingerprint density at radius 1 is 1.12 bits per heavy atom. The molecule has 1 unspecified atom stereocenters. The fraction of sp³-hybridized carbons (Fsp3) is 0.579. The summed E-state index contributed by atoms with van der Waals surface area (Å²) in [6, 6.07) is 8.32. The molecule has 0 aromatic heterocycles. The van der Waals surface area contributed by atoms with E-state index in [9.17, 15) is 9.59 Å². The van der Waals surface area contributed by atoms with Crippen molar-refractivity contribution in [2.75, 3.05) is 13.1 Å². The Balaban J connectivity index is 1.43. The number of nitrogens with zero attached hydrogens (tertiary/aromatic N) is 1. The molecular weight excluding hydrogens is 368 g/mol. The van der Waals surface area contributed by atoms with Gasteiger partial charge in [0.25, 0.3) is 0 Å². The number of amides is 2. The van der Waals surface area contributed by atoms with E-state index in [0.717, 1.165) is 49.7 Å². The van der Waals surface area contributed by atoms with Crippen LogP contribution in [0.2, 0.25) is 0 Å². The van der Waals surface area contributed by atoms with Gasteiger partial charge < -0.3 is 10.2 Å². The molecule has 2 fully saturated rings. The maximum Gasteiger partial charge on any atom is 0.225 e. The molecule has 2 aliphatic rings. The molecule has 24 heavy (non-hydrogen) atoms. The van der Waals surface area contributed by atoms with Gasteiger partial charge in [-0.1, -0.05) is 28.1 Å². The van der Waals surface area contributed by atoms with Gasteiger partial charge in [0.05, 0.1) is 0 Å². The number of hydrogen-bond acceptors (Lipinski definition) is 2. The fourth-order valence-electron chi connectivity index (χ4n) is 3.34. The maximum atomic E-state index is 12.5. The Morgan fingerprint density at radius 3 is 2.33 bits per heavy atom. The molecule has 1 aliphatic carbocycles. The summed E-state index contributed by atoms with van der Waals surface area (Å²) in [5.74, 6) is 0.762. The van der Waals surface area contributed by atoms with Crippen LogP contribution < -0.4 is 5.32 Å². The Labute approximate surface area is 152 Å². The summed E-state index contributed by atoms with van der Waals surface area (Å²) >= 11 is 3.43. The molecule has 1 aromatic rings. The Kier molecular flexibility index (Phi) is 5.59. The molecule has 0 radical (unpaired) electrons. The largest absolute Gasteiger partial charge is 0.353 e. The molecule has 1 aromatic carbocycles. The lowest BCUT2D eigenvalue weighted by Crippen LogP contribution is -2.45. The molecule has 1 N–H and O–H groups in total. The number of carbonyl (C=O) groups is 2. The minimum absolute atomic E-state index is 0.0422. The van der Waals surface area contributed by atoms with Crippen LogP contribution in [0.4, 0.5) is 0 Å². The molecule has 1 saturated carbocycles. The number of rotatable bonds is 5. The number of piperidine rings is 1. The summed E-state index contributed by atoms with van der Waals surface area (Å²) in [5, 5.41) is 3.14. The van der Waals surface area contributed by atoms with Crippen molar-refractivity contribution in [2.45, 2.75) is 45.1 Å². The van der Waals surface area contributed by atoms with E-state index in [1.54, 1.807) is 0 Å². The zero-order valence-corrected chi connectivity index (χ0v) is 15.7. The second-order valence-corrected chi connectivity index (χ2v) is 8.03. The first kappa shape index (κ1) is 17.5. The third-order valence-electron chi connectivity index (χ3n) is 4.95. The lowest BCUT2D eigenvalue weighted by Gasteiger charge is -2.32. The van der Waals surface area contributed by atoms with Gasteiger partial charge in [-0.05, 0) is 56.7 Å². The molecule has 1 heterocycles. The average Bonchev–Trinajstić information content (AvgIpc) is 3.41. The molecule has 0 spiro atoms. The molecule has 1 saturated heterocycles. The molecule has 3 rings (SSSR count). The molecule has 4 nitrogen and oxygen atoms in total. The van der Waals surface area contributed by atoms with Gasteiger partial charge in [-0.15, -0.1) is 0 Å². The number of carbonyl (C=O) groups excluding carboxylic acids is 2. The number of hydrogen-bond donors (Lipinski definition) is 1. The van der Waals surface area contributed by atoms with E-state index in [-0.39, 0.29) is 23.8 Å². The van der Waals surface area contributed by atoms with Gasteiger partial charge in [-0.3, -0.25) is 9.59 Å². The van der Waals surface area contributed by atoms with Gasteiger partial charge >= 0.3 is 0 Å².